The standard InChI is InChI=1S/C14H11FN2O2/c15-11-3-7-12(8-4-11)16-9-14(16)10-1-5-13(6-2-10)17(18)19/h1-8,14H,9H2/t14-,16?/m1/s1. The van der Waals surface area contributed by atoms with Crippen molar-refractivity contribution in [3.05, 3.63) is 70.0 Å². The normalized spacial score (nSPS) is 17.3. The fraction of sp³-hybridized carbons (Fsp3) is 0.143. The number of non-ortho nitro benzene ring substituents is 1. The van der Waals surface area contributed by atoms with Gasteiger partial charge in [0.05, 0.1) is 11.0 Å². The molecular weight excluding hydrogens is 247 g/mol. The highest BCUT2D eigenvalue weighted by molar-refractivity contribution is 5.56. The summed E-state index contributed by atoms with van der Waals surface area (Å²) in [5.74, 6) is -0.252. The zero-order valence-corrected chi connectivity index (χ0v) is 9.99. The van der Waals surface area contributed by atoms with Crippen molar-refractivity contribution in [3.8, 4) is 0 Å². The molecule has 0 spiro atoms. The number of hydrogen-bond acceptors (Lipinski definition) is 3. The maximum atomic E-state index is 12.8. The highest BCUT2D eigenvalue weighted by Crippen LogP contribution is 2.39. The fourth-order valence-corrected chi connectivity index (χ4v) is 2.16. The zero-order valence-electron chi connectivity index (χ0n) is 9.99. The fourth-order valence-electron chi connectivity index (χ4n) is 2.16. The molecular formula is C14H11FN2O2. The van der Waals surface area contributed by atoms with E-state index in [9.17, 15) is 14.5 Å². The molecule has 4 nitrogen and oxygen atoms in total. The summed E-state index contributed by atoms with van der Waals surface area (Å²) < 4.78 is 12.8. The third-order valence-electron chi connectivity index (χ3n) is 3.26. The molecule has 0 bridgehead atoms. The molecule has 1 heterocycles. The van der Waals surface area contributed by atoms with Crippen LogP contribution in [0.2, 0.25) is 0 Å². The lowest BCUT2D eigenvalue weighted by Crippen LogP contribution is -1.95. The molecule has 5 heteroatoms. The minimum absolute atomic E-state index is 0.0951. The number of nitro groups is 1. The Bertz CT molecular complexity index is 610. The zero-order chi connectivity index (χ0) is 13.4. The lowest BCUT2D eigenvalue weighted by Gasteiger charge is -2.05. The van der Waals surface area contributed by atoms with E-state index in [4.69, 9.17) is 0 Å². The van der Waals surface area contributed by atoms with Gasteiger partial charge < -0.3 is 4.90 Å². The summed E-state index contributed by atoms with van der Waals surface area (Å²) in [6, 6.07) is 13.1. The van der Waals surface area contributed by atoms with Gasteiger partial charge in [-0.2, -0.15) is 0 Å². The second-order valence-corrected chi connectivity index (χ2v) is 4.49. The van der Waals surface area contributed by atoms with E-state index in [-0.39, 0.29) is 17.5 Å². The van der Waals surface area contributed by atoms with E-state index in [0.29, 0.717) is 0 Å². The molecule has 0 radical (unpaired) electrons. The SMILES string of the molecule is O=[N+]([O-])c1ccc([C@H]2CN2c2ccc(F)cc2)cc1. The molecule has 3 rings (SSSR count). The smallest absolute Gasteiger partial charge is 0.269 e. The van der Waals surface area contributed by atoms with Crippen LogP contribution >= 0.6 is 0 Å². The molecule has 1 aliphatic rings. The third-order valence-corrected chi connectivity index (χ3v) is 3.26. The van der Waals surface area contributed by atoms with Gasteiger partial charge in [-0.15, -0.1) is 0 Å². The van der Waals surface area contributed by atoms with Crippen LogP contribution in [-0.4, -0.2) is 11.5 Å². The summed E-state index contributed by atoms with van der Waals surface area (Å²) in [5.41, 5.74) is 2.09. The molecule has 2 aromatic rings. The summed E-state index contributed by atoms with van der Waals surface area (Å²) in [7, 11) is 0. The van der Waals surface area contributed by atoms with Crippen molar-refractivity contribution in [3.63, 3.8) is 0 Å². The van der Waals surface area contributed by atoms with Crippen LogP contribution < -0.4 is 4.90 Å². The Morgan fingerprint density at radius 3 is 2.32 bits per heavy atom. The van der Waals surface area contributed by atoms with Crippen molar-refractivity contribution >= 4 is 11.4 Å². The number of nitrogens with zero attached hydrogens (tertiary/aromatic N) is 2. The van der Waals surface area contributed by atoms with E-state index in [1.807, 2.05) is 0 Å². The third kappa shape index (κ3) is 2.27. The maximum absolute atomic E-state index is 12.8. The van der Waals surface area contributed by atoms with Gasteiger partial charge in [-0.05, 0) is 29.8 Å². The van der Waals surface area contributed by atoms with Crippen LogP contribution in [-0.2, 0) is 0 Å². The van der Waals surface area contributed by atoms with E-state index in [2.05, 4.69) is 4.90 Å². The number of anilines is 1. The average Bonchev–Trinajstić information content (AvgIpc) is 3.20. The van der Waals surface area contributed by atoms with Crippen LogP contribution in [0.1, 0.15) is 11.6 Å². The maximum Gasteiger partial charge on any atom is 0.269 e. The first-order chi connectivity index (χ1) is 9.15. The molecule has 1 fully saturated rings. The van der Waals surface area contributed by atoms with Gasteiger partial charge in [0.2, 0.25) is 0 Å². The van der Waals surface area contributed by atoms with Crippen LogP contribution in [0.4, 0.5) is 15.8 Å². The molecule has 0 amide bonds. The molecule has 96 valence electrons. The summed E-state index contributed by atoms with van der Waals surface area (Å²) >= 11 is 0. The molecule has 0 aliphatic carbocycles. The minimum atomic E-state index is -0.408. The number of hydrogen-bond donors (Lipinski definition) is 0. The Hall–Kier alpha value is -2.43. The first-order valence-corrected chi connectivity index (χ1v) is 5.92. The van der Waals surface area contributed by atoms with Gasteiger partial charge in [0, 0.05) is 24.4 Å². The van der Waals surface area contributed by atoms with E-state index >= 15 is 0 Å². The van der Waals surface area contributed by atoms with Gasteiger partial charge in [0.1, 0.15) is 5.82 Å². The van der Waals surface area contributed by atoms with Gasteiger partial charge >= 0.3 is 0 Å². The number of benzene rings is 2. The van der Waals surface area contributed by atoms with Gasteiger partial charge in [-0.1, -0.05) is 12.1 Å². The van der Waals surface area contributed by atoms with Crippen molar-refractivity contribution in [1.29, 1.82) is 0 Å². The Labute approximate surface area is 109 Å². The van der Waals surface area contributed by atoms with Crippen LogP contribution in [0.5, 0.6) is 0 Å². The summed E-state index contributed by atoms with van der Waals surface area (Å²) in [6.07, 6.45) is 0. The van der Waals surface area contributed by atoms with Crippen molar-refractivity contribution in [2.75, 3.05) is 11.4 Å². The Morgan fingerprint density at radius 2 is 1.74 bits per heavy atom. The van der Waals surface area contributed by atoms with Crippen LogP contribution in [0.3, 0.4) is 0 Å². The molecule has 1 atom stereocenters. The van der Waals surface area contributed by atoms with Gasteiger partial charge in [-0.25, -0.2) is 4.39 Å². The second-order valence-electron chi connectivity index (χ2n) is 4.49. The van der Waals surface area contributed by atoms with Crippen molar-refractivity contribution in [2.24, 2.45) is 0 Å². The first-order valence-electron chi connectivity index (χ1n) is 5.92. The quantitative estimate of drug-likeness (QED) is 0.482. The molecule has 0 unspecified atom stereocenters. The van der Waals surface area contributed by atoms with Crippen LogP contribution in [0.25, 0.3) is 0 Å². The molecule has 1 aliphatic heterocycles. The van der Waals surface area contributed by atoms with Gasteiger partial charge in [0.15, 0.2) is 0 Å². The van der Waals surface area contributed by atoms with E-state index in [1.54, 1.807) is 24.3 Å². The Balaban J connectivity index is 1.75. The largest absolute Gasteiger partial charge is 0.360 e. The van der Waals surface area contributed by atoms with Gasteiger partial charge in [0.25, 0.3) is 5.69 Å². The minimum Gasteiger partial charge on any atom is -0.360 e. The van der Waals surface area contributed by atoms with Crippen molar-refractivity contribution in [1.82, 2.24) is 0 Å². The van der Waals surface area contributed by atoms with Crippen molar-refractivity contribution < 1.29 is 9.31 Å². The Kier molecular flexibility index (Phi) is 2.67. The monoisotopic (exact) mass is 258 g/mol. The topological polar surface area (TPSA) is 46.1 Å². The molecule has 0 N–H and O–H groups in total. The lowest BCUT2D eigenvalue weighted by atomic mass is 10.1. The molecule has 0 saturated carbocycles. The highest BCUT2D eigenvalue weighted by atomic mass is 19.1. The number of rotatable bonds is 3. The number of nitro benzene ring substituents is 1. The van der Waals surface area contributed by atoms with Gasteiger partial charge in [-0.3, -0.25) is 10.1 Å². The highest BCUT2D eigenvalue weighted by Gasteiger charge is 2.35. The van der Waals surface area contributed by atoms with E-state index in [0.717, 1.165) is 17.8 Å². The summed E-state index contributed by atoms with van der Waals surface area (Å²) in [4.78, 5) is 12.3. The molecule has 0 aromatic heterocycles. The number of halogens is 1. The Morgan fingerprint density at radius 1 is 1.11 bits per heavy atom. The second kappa shape index (κ2) is 4.35. The predicted molar refractivity (Wildman–Crippen MR) is 69.6 cm³/mol. The first kappa shape index (κ1) is 11.6. The average molecular weight is 258 g/mol. The summed E-state index contributed by atoms with van der Waals surface area (Å²) in [6.45, 7) is 0.851. The molecule has 1 saturated heterocycles. The summed E-state index contributed by atoms with van der Waals surface area (Å²) in [5, 5.41) is 10.6. The van der Waals surface area contributed by atoms with E-state index in [1.165, 1.54) is 24.3 Å². The predicted octanol–water partition coefficient (Wildman–Crippen LogP) is 3.30. The van der Waals surface area contributed by atoms with Crippen molar-refractivity contribution in [2.45, 2.75) is 6.04 Å². The molecule has 19 heavy (non-hydrogen) atoms. The van der Waals surface area contributed by atoms with E-state index < -0.39 is 4.92 Å². The lowest BCUT2D eigenvalue weighted by molar-refractivity contribution is -0.384. The van der Waals surface area contributed by atoms with Crippen LogP contribution in [0, 0.1) is 15.9 Å². The molecule has 2 aromatic carbocycles. The van der Waals surface area contributed by atoms with Crippen LogP contribution in [0.15, 0.2) is 48.5 Å².